The highest BCUT2D eigenvalue weighted by molar-refractivity contribution is 7.85. The summed E-state index contributed by atoms with van der Waals surface area (Å²) in [5, 5.41) is 1.23. The van der Waals surface area contributed by atoms with Gasteiger partial charge < -0.3 is 4.57 Å². The first-order valence-corrected chi connectivity index (χ1v) is 11.3. The highest BCUT2D eigenvalue weighted by Crippen LogP contribution is 2.40. The molecule has 0 saturated carbocycles. The summed E-state index contributed by atoms with van der Waals surface area (Å²) in [6.45, 7) is 1.74. The first-order chi connectivity index (χ1) is 13.3. The summed E-state index contributed by atoms with van der Waals surface area (Å²) in [4.78, 5) is 2.30. The van der Waals surface area contributed by atoms with Crippen molar-refractivity contribution in [2.75, 3.05) is 19.9 Å². The van der Waals surface area contributed by atoms with Crippen LogP contribution in [0.1, 0.15) is 17.3 Å². The van der Waals surface area contributed by atoms with Crippen LogP contribution >= 0.6 is 0 Å². The van der Waals surface area contributed by atoms with Crippen LogP contribution in [0.15, 0.2) is 54.6 Å². The second-order valence-electron chi connectivity index (χ2n) is 7.84. The number of fused-ring (bicyclic) bond motifs is 3. The van der Waals surface area contributed by atoms with E-state index in [1.165, 1.54) is 27.6 Å². The molecule has 0 radical (unpaired) electrons. The number of hydrogen-bond donors (Lipinski definition) is 0. The second-order valence-corrected chi connectivity index (χ2v) is 9.48. The van der Waals surface area contributed by atoms with Gasteiger partial charge in [0.05, 0.1) is 18.9 Å². The van der Waals surface area contributed by atoms with E-state index < -0.39 is 10.1 Å². The van der Waals surface area contributed by atoms with Gasteiger partial charge in [-0.1, -0.05) is 47.9 Å². The second kappa shape index (κ2) is 7.39. The maximum Gasteiger partial charge on any atom is 0.264 e. The van der Waals surface area contributed by atoms with Crippen molar-refractivity contribution in [1.29, 1.82) is 0 Å². The molecule has 3 aromatic rings. The summed E-state index contributed by atoms with van der Waals surface area (Å²) >= 11 is 0. The van der Waals surface area contributed by atoms with E-state index in [4.69, 9.17) is 4.18 Å². The zero-order valence-corrected chi connectivity index (χ0v) is 17.3. The van der Waals surface area contributed by atoms with E-state index in [1.807, 2.05) is 18.2 Å². The van der Waals surface area contributed by atoms with Crippen LogP contribution in [-0.4, -0.2) is 45.6 Å². The average Bonchev–Trinajstić information content (AvgIpc) is 3.14. The average molecular weight is 396 g/mol. The van der Waals surface area contributed by atoms with Gasteiger partial charge in [-0.3, -0.25) is 9.08 Å². The van der Waals surface area contributed by atoms with Crippen molar-refractivity contribution in [2.45, 2.75) is 19.1 Å². The molecule has 2 atom stereocenters. The molecule has 28 heavy (non-hydrogen) atoms. The van der Waals surface area contributed by atoms with Gasteiger partial charge in [-0.2, -0.15) is 8.42 Å². The molecular weight excluding hydrogens is 371 g/mol. The normalized spacial score (nSPS) is 19.4. The Morgan fingerprint density at radius 1 is 1.18 bits per heavy atom. The molecule has 1 aliphatic heterocycles. The molecule has 7 heteroatoms. The molecule has 0 fully saturated rings. The molecule has 2 heterocycles. The first-order valence-electron chi connectivity index (χ1n) is 9.50. The number of rotatable bonds is 6. The monoisotopic (exact) mass is 396 g/mol. The number of hydrogen-bond acceptors (Lipinski definition) is 4. The maximum absolute atomic E-state index is 11.6. The lowest BCUT2D eigenvalue weighted by molar-refractivity contribution is 0.136. The highest BCUT2D eigenvalue weighted by Gasteiger charge is 2.37. The Morgan fingerprint density at radius 3 is 2.64 bits per heavy atom. The third-order valence-electron chi connectivity index (χ3n) is 5.50. The van der Waals surface area contributed by atoms with Gasteiger partial charge in [0.1, 0.15) is 7.85 Å². The molecule has 1 aliphatic rings. The number of aromatic nitrogens is 1. The standard InChI is InChI=1S/C21H25BN2O3S/c1-23(12-15-6-4-3-5-7-15)21-17(14-27-28(2,25)26)13-24-19-9-8-18(22)10-16(19)11-20(21)24/h3-11,17,21H,12-14,22H2,1-2H3/t17-,21+/m0/s1. The van der Waals surface area contributed by atoms with E-state index >= 15 is 0 Å². The Balaban J connectivity index is 1.69. The lowest BCUT2D eigenvalue weighted by atomic mass is 9.94. The Kier molecular flexibility index (Phi) is 5.08. The van der Waals surface area contributed by atoms with Crippen LogP contribution in [0.5, 0.6) is 0 Å². The van der Waals surface area contributed by atoms with Crippen LogP contribution in [-0.2, 0) is 27.4 Å². The van der Waals surface area contributed by atoms with Crippen molar-refractivity contribution >= 4 is 34.3 Å². The SMILES string of the molecule is Bc1ccc2c(c1)cc1n2C[C@@H](COS(C)(=O)=O)[C@H]1N(C)Cc1ccccc1. The Labute approximate surface area is 167 Å². The fourth-order valence-electron chi connectivity index (χ4n) is 4.35. The molecule has 0 unspecified atom stereocenters. The third kappa shape index (κ3) is 3.88. The van der Waals surface area contributed by atoms with Gasteiger partial charge in [0.15, 0.2) is 0 Å². The van der Waals surface area contributed by atoms with Crippen LogP contribution in [0.4, 0.5) is 0 Å². The molecule has 5 nitrogen and oxygen atoms in total. The van der Waals surface area contributed by atoms with Crippen molar-refractivity contribution in [1.82, 2.24) is 9.47 Å². The number of nitrogens with zero attached hydrogens (tertiary/aromatic N) is 2. The summed E-state index contributed by atoms with van der Waals surface area (Å²) in [6.07, 6.45) is 1.11. The zero-order valence-electron chi connectivity index (χ0n) is 16.5. The molecule has 0 amide bonds. The largest absolute Gasteiger partial charge is 0.343 e. The van der Waals surface area contributed by atoms with E-state index in [-0.39, 0.29) is 18.6 Å². The van der Waals surface area contributed by atoms with Crippen molar-refractivity contribution in [3.8, 4) is 0 Å². The van der Waals surface area contributed by atoms with E-state index in [0.717, 1.165) is 19.3 Å². The Morgan fingerprint density at radius 2 is 1.93 bits per heavy atom. The minimum atomic E-state index is -3.47. The summed E-state index contributed by atoms with van der Waals surface area (Å²) in [5.74, 6) is 0.0733. The lowest BCUT2D eigenvalue weighted by Gasteiger charge is -2.29. The molecule has 0 spiro atoms. The molecule has 146 valence electrons. The minimum Gasteiger partial charge on any atom is -0.343 e. The molecule has 0 bridgehead atoms. The molecule has 4 rings (SSSR count). The van der Waals surface area contributed by atoms with Crippen molar-refractivity contribution in [2.24, 2.45) is 5.92 Å². The topological polar surface area (TPSA) is 51.5 Å². The zero-order chi connectivity index (χ0) is 19.9. The predicted molar refractivity (Wildman–Crippen MR) is 115 cm³/mol. The van der Waals surface area contributed by atoms with Crippen molar-refractivity contribution < 1.29 is 12.6 Å². The fourth-order valence-corrected chi connectivity index (χ4v) is 4.77. The summed E-state index contributed by atoms with van der Waals surface area (Å²) in [7, 11) is 0.736. The van der Waals surface area contributed by atoms with Gasteiger partial charge >= 0.3 is 0 Å². The molecule has 2 aromatic carbocycles. The summed E-state index contributed by atoms with van der Waals surface area (Å²) < 4.78 is 30.7. The van der Waals surface area contributed by atoms with Crippen LogP contribution in [0, 0.1) is 5.92 Å². The van der Waals surface area contributed by atoms with Gasteiger partial charge in [0.2, 0.25) is 0 Å². The van der Waals surface area contributed by atoms with Crippen LogP contribution in [0.3, 0.4) is 0 Å². The smallest absolute Gasteiger partial charge is 0.264 e. The van der Waals surface area contributed by atoms with Gasteiger partial charge in [-0.05, 0) is 30.1 Å². The van der Waals surface area contributed by atoms with Crippen molar-refractivity contribution in [3.05, 3.63) is 65.9 Å². The Bertz CT molecular complexity index is 1100. The molecular formula is C21H25BN2O3S. The van der Waals surface area contributed by atoms with Crippen molar-refractivity contribution in [3.63, 3.8) is 0 Å². The summed E-state index contributed by atoms with van der Waals surface area (Å²) in [5.41, 5.74) is 4.89. The number of benzene rings is 2. The van der Waals surface area contributed by atoms with Crippen LogP contribution < -0.4 is 5.46 Å². The minimum absolute atomic E-state index is 0.0733. The van der Waals surface area contributed by atoms with Gasteiger partial charge in [-0.15, -0.1) is 0 Å². The van der Waals surface area contributed by atoms with E-state index in [1.54, 1.807) is 0 Å². The van der Waals surface area contributed by atoms with E-state index in [2.05, 4.69) is 60.8 Å². The predicted octanol–water partition coefficient (Wildman–Crippen LogP) is 1.68. The lowest BCUT2D eigenvalue weighted by Crippen LogP contribution is -2.30. The van der Waals surface area contributed by atoms with Gasteiger partial charge in [0, 0.05) is 30.2 Å². The fraction of sp³-hybridized carbons (Fsp3) is 0.333. The molecule has 1 aromatic heterocycles. The maximum atomic E-state index is 11.6. The van der Waals surface area contributed by atoms with Gasteiger partial charge in [0.25, 0.3) is 10.1 Å². The van der Waals surface area contributed by atoms with E-state index in [9.17, 15) is 8.42 Å². The quantitative estimate of drug-likeness (QED) is 0.470. The Hall–Kier alpha value is -2.09. The van der Waals surface area contributed by atoms with Crippen LogP contribution in [0.2, 0.25) is 0 Å². The molecule has 0 N–H and O–H groups in total. The highest BCUT2D eigenvalue weighted by atomic mass is 32.2. The van der Waals surface area contributed by atoms with Crippen LogP contribution in [0.25, 0.3) is 10.9 Å². The van der Waals surface area contributed by atoms with Gasteiger partial charge in [-0.25, -0.2) is 0 Å². The molecule has 0 aliphatic carbocycles. The van der Waals surface area contributed by atoms with E-state index in [0.29, 0.717) is 0 Å². The third-order valence-corrected chi connectivity index (χ3v) is 6.07. The molecule has 0 saturated heterocycles. The summed E-state index contributed by atoms with van der Waals surface area (Å²) in [6, 6.07) is 19.2. The first kappa shape index (κ1) is 19.2.